The van der Waals surface area contributed by atoms with E-state index in [0.717, 1.165) is 38.5 Å². The summed E-state index contributed by atoms with van der Waals surface area (Å²) in [6.45, 7) is 1.90. The Morgan fingerprint density at radius 2 is 1.95 bits per heavy atom. The number of hydrogen-bond donors (Lipinski definition) is 2. The minimum absolute atomic E-state index is 0.259. The third-order valence-corrected chi connectivity index (χ3v) is 4.03. The molecule has 0 aliphatic heterocycles. The van der Waals surface area contributed by atoms with Crippen molar-refractivity contribution in [2.24, 2.45) is 0 Å². The van der Waals surface area contributed by atoms with Crippen LogP contribution in [0.3, 0.4) is 0 Å². The standard InChI is InChI=1S/C16H22FNO2/c1-12-10-13(6-7-14(12)17)15(19)18-11-16(20)8-4-2-3-5-9-16/h6-7,10,20H,2-5,8-9,11H2,1H3,(H,18,19). The second-order valence-electron chi connectivity index (χ2n) is 5.79. The summed E-state index contributed by atoms with van der Waals surface area (Å²) in [4.78, 5) is 12.0. The number of nitrogens with one attached hydrogen (secondary N) is 1. The highest BCUT2D eigenvalue weighted by Crippen LogP contribution is 2.26. The number of amides is 1. The van der Waals surface area contributed by atoms with E-state index in [1.165, 1.54) is 18.2 Å². The summed E-state index contributed by atoms with van der Waals surface area (Å²) < 4.78 is 13.2. The number of carbonyl (C=O) groups excluding carboxylic acids is 1. The van der Waals surface area contributed by atoms with Gasteiger partial charge in [0.15, 0.2) is 0 Å². The highest BCUT2D eigenvalue weighted by atomic mass is 19.1. The number of hydrogen-bond acceptors (Lipinski definition) is 2. The van der Waals surface area contributed by atoms with Crippen LogP contribution in [0, 0.1) is 12.7 Å². The van der Waals surface area contributed by atoms with E-state index in [9.17, 15) is 14.3 Å². The van der Waals surface area contributed by atoms with E-state index in [4.69, 9.17) is 0 Å². The Labute approximate surface area is 119 Å². The number of rotatable bonds is 3. The Morgan fingerprint density at radius 1 is 1.30 bits per heavy atom. The van der Waals surface area contributed by atoms with E-state index >= 15 is 0 Å². The average Bonchev–Trinajstić information content (AvgIpc) is 2.65. The molecule has 1 aliphatic carbocycles. The van der Waals surface area contributed by atoms with Gasteiger partial charge in [-0.2, -0.15) is 0 Å². The maximum atomic E-state index is 13.2. The van der Waals surface area contributed by atoms with Gasteiger partial charge in [0, 0.05) is 12.1 Å². The number of benzene rings is 1. The molecule has 0 heterocycles. The highest BCUT2D eigenvalue weighted by Gasteiger charge is 2.28. The first kappa shape index (κ1) is 15.0. The molecule has 0 atom stereocenters. The summed E-state index contributed by atoms with van der Waals surface area (Å²) in [5, 5.41) is 13.2. The van der Waals surface area contributed by atoms with Gasteiger partial charge in [-0.15, -0.1) is 0 Å². The van der Waals surface area contributed by atoms with Crippen LogP contribution in [0.5, 0.6) is 0 Å². The number of carbonyl (C=O) groups is 1. The quantitative estimate of drug-likeness (QED) is 0.836. The van der Waals surface area contributed by atoms with Crippen LogP contribution in [0.15, 0.2) is 18.2 Å². The lowest BCUT2D eigenvalue weighted by molar-refractivity contribution is 0.0246. The van der Waals surface area contributed by atoms with Crippen molar-refractivity contribution in [1.82, 2.24) is 5.32 Å². The molecule has 1 aromatic carbocycles. The largest absolute Gasteiger partial charge is 0.388 e. The molecule has 1 amide bonds. The molecule has 1 saturated carbocycles. The van der Waals surface area contributed by atoms with E-state index in [-0.39, 0.29) is 18.3 Å². The van der Waals surface area contributed by atoms with Crippen LogP contribution in [0.2, 0.25) is 0 Å². The smallest absolute Gasteiger partial charge is 0.251 e. The predicted octanol–water partition coefficient (Wildman–Crippen LogP) is 2.95. The fourth-order valence-corrected chi connectivity index (χ4v) is 2.70. The molecule has 0 spiro atoms. The Balaban J connectivity index is 1.95. The van der Waals surface area contributed by atoms with E-state index in [1.807, 2.05) is 0 Å². The normalized spacial score (nSPS) is 18.4. The van der Waals surface area contributed by atoms with Crippen LogP contribution < -0.4 is 5.32 Å². The Morgan fingerprint density at radius 3 is 2.55 bits per heavy atom. The molecule has 1 fully saturated rings. The molecule has 1 aliphatic rings. The molecule has 1 aromatic rings. The molecule has 0 aromatic heterocycles. The van der Waals surface area contributed by atoms with Gasteiger partial charge in [-0.25, -0.2) is 4.39 Å². The SMILES string of the molecule is Cc1cc(C(=O)NCC2(O)CCCCCC2)ccc1F. The third-order valence-electron chi connectivity index (χ3n) is 4.03. The molecule has 0 bridgehead atoms. The molecule has 2 N–H and O–H groups in total. The lowest BCUT2D eigenvalue weighted by Gasteiger charge is -2.26. The molecule has 0 unspecified atom stereocenters. The van der Waals surface area contributed by atoms with Crippen LogP contribution >= 0.6 is 0 Å². The van der Waals surface area contributed by atoms with Gasteiger partial charge >= 0.3 is 0 Å². The summed E-state index contributed by atoms with van der Waals surface area (Å²) in [6, 6.07) is 4.29. The van der Waals surface area contributed by atoms with Crippen molar-refractivity contribution in [3.05, 3.63) is 35.1 Å². The van der Waals surface area contributed by atoms with Gasteiger partial charge in [0.05, 0.1) is 5.60 Å². The number of halogens is 1. The minimum atomic E-state index is -0.790. The van der Waals surface area contributed by atoms with Crippen molar-refractivity contribution in [2.75, 3.05) is 6.54 Å². The van der Waals surface area contributed by atoms with E-state index in [2.05, 4.69) is 5.32 Å². The summed E-state index contributed by atoms with van der Waals surface area (Å²) in [7, 11) is 0. The van der Waals surface area contributed by atoms with Crippen molar-refractivity contribution < 1.29 is 14.3 Å². The molecule has 3 nitrogen and oxygen atoms in total. The summed E-state index contributed by atoms with van der Waals surface area (Å²) in [5.41, 5.74) is 0.0910. The zero-order valence-corrected chi connectivity index (χ0v) is 11.9. The van der Waals surface area contributed by atoms with Crippen LogP contribution in [0.25, 0.3) is 0 Å². The maximum Gasteiger partial charge on any atom is 0.251 e. The van der Waals surface area contributed by atoms with Gasteiger partial charge in [0.2, 0.25) is 0 Å². The first-order valence-electron chi connectivity index (χ1n) is 7.27. The second-order valence-corrected chi connectivity index (χ2v) is 5.79. The monoisotopic (exact) mass is 279 g/mol. The Bertz CT molecular complexity index is 479. The van der Waals surface area contributed by atoms with Gasteiger partial charge in [0.1, 0.15) is 5.82 Å². The van der Waals surface area contributed by atoms with Crippen molar-refractivity contribution in [2.45, 2.75) is 51.0 Å². The van der Waals surface area contributed by atoms with Gasteiger partial charge in [-0.3, -0.25) is 4.79 Å². The van der Waals surface area contributed by atoms with Crippen LogP contribution in [-0.4, -0.2) is 23.2 Å². The van der Waals surface area contributed by atoms with Crippen molar-refractivity contribution in [3.63, 3.8) is 0 Å². The third kappa shape index (κ3) is 3.79. The molecular weight excluding hydrogens is 257 g/mol. The van der Waals surface area contributed by atoms with E-state index in [0.29, 0.717) is 11.1 Å². The molecular formula is C16H22FNO2. The lowest BCUT2D eigenvalue weighted by Crippen LogP contribution is -2.42. The van der Waals surface area contributed by atoms with E-state index in [1.54, 1.807) is 6.92 Å². The van der Waals surface area contributed by atoms with Gasteiger partial charge in [0.25, 0.3) is 5.91 Å². The summed E-state index contributed by atoms with van der Waals surface area (Å²) in [6.07, 6.45) is 5.76. The number of aliphatic hydroxyl groups is 1. The first-order chi connectivity index (χ1) is 9.50. The Kier molecular flexibility index (Phi) is 4.76. The molecule has 20 heavy (non-hydrogen) atoms. The Hall–Kier alpha value is -1.42. The predicted molar refractivity (Wildman–Crippen MR) is 76.1 cm³/mol. The highest BCUT2D eigenvalue weighted by molar-refractivity contribution is 5.94. The molecule has 110 valence electrons. The van der Waals surface area contributed by atoms with Crippen molar-refractivity contribution >= 4 is 5.91 Å². The minimum Gasteiger partial charge on any atom is -0.388 e. The topological polar surface area (TPSA) is 49.3 Å². The summed E-state index contributed by atoms with van der Waals surface area (Å²) >= 11 is 0. The molecule has 0 radical (unpaired) electrons. The van der Waals surface area contributed by atoms with Gasteiger partial charge in [-0.05, 0) is 43.5 Å². The van der Waals surface area contributed by atoms with Gasteiger partial charge in [-0.1, -0.05) is 25.7 Å². The molecule has 0 saturated heterocycles. The molecule has 2 rings (SSSR count). The second kappa shape index (κ2) is 6.35. The fourth-order valence-electron chi connectivity index (χ4n) is 2.70. The zero-order valence-electron chi connectivity index (χ0n) is 11.9. The van der Waals surface area contributed by atoms with Crippen LogP contribution in [0.1, 0.15) is 54.4 Å². The first-order valence-corrected chi connectivity index (χ1v) is 7.27. The zero-order chi connectivity index (χ0) is 14.6. The summed E-state index contributed by atoms with van der Waals surface area (Å²) in [5.74, 6) is -0.574. The fraction of sp³-hybridized carbons (Fsp3) is 0.562. The van der Waals surface area contributed by atoms with Crippen molar-refractivity contribution in [1.29, 1.82) is 0 Å². The van der Waals surface area contributed by atoms with Gasteiger partial charge < -0.3 is 10.4 Å². The van der Waals surface area contributed by atoms with E-state index < -0.39 is 5.60 Å². The molecule has 4 heteroatoms. The van der Waals surface area contributed by atoms with Crippen LogP contribution in [-0.2, 0) is 0 Å². The number of aryl methyl sites for hydroxylation is 1. The van der Waals surface area contributed by atoms with Crippen LogP contribution in [0.4, 0.5) is 4.39 Å². The van der Waals surface area contributed by atoms with Crippen molar-refractivity contribution in [3.8, 4) is 0 Å². The maximum absolute atomic E-state index is 13.2. The lowest BCUT2D eigenvalue weighted by atomic mass is 9.94. The average molecular weight is 279 g/mol.